The molecule has 116 valence electrons. The molecule has 2 aromatic heterocycles. The Morgan fingerprint density at radius 1 is 1.09 bits per heavy atom. The van der Waals surface area contributed by atoms with Crippen molar-refractivity contribution in [1.82, 2.24) is 12.5 Å². The van der Waals surface area contributed by atoms with Crippen molar-refractivity contribution in [2.75, 3.05) is 0 Å². The summed E-state index contributed by atoms with van der Waals surface area (Å²) in [6.07, 6.45) is 7.58. The van der Waals surface area contributed by atoms with Gasteiger partial charge in [-0.25, -0.2) is 0 Å². The zero-order valence-corrected chi connectivity index (χ0v) is 14.1. The Hall–Kier alpha value is -1.65. The topological polar surface area (TPSA) is 68.0 Å². The Morgan fingerprint density at radius 3 is 2.77 bits per heavy atom. The van der Waals surface area contributed by atoms with Crippen molar-refractivity contribution in [2.24, 2.45) is 0 Å². The van der Waals surface area contributed by atoms with Gasteiger partial charge in [0.05, 0.1) is 0 Å². The molecule has 1 N–H and O–H groups in total. The van der Waals surface area contributed by atoms with Crippen LogP contribution in [0.4, 0.5) is 0 Å². The van der Waals surface area contributed by atoms with Crippen LogP contribution in [0.5, 0.6) is 0 Å². The van der Waals surface area contributed by atoms with Crippen molar-refractivity contribution < 1.29 is 9.90 Å². The molecule has 0 aliphatic carbocycles. The second-order valence-electron chi connectivity index (χ2n) is 5.56. The summed E-state index contributed by atoms with van der Waals surface area (Å²) in [7, 11) is 0. The number of benzene rings is 1. The predicted octanol–water partition coefficient (Wildman–Crippen LogP) is 3.07. The van der Waals surface area contributed by atoms with E-state index in [4.69, 9.17) is 5.11 Å². The molecule has 0 radical (unpaired) electrons. The van der Waals surface area contributed by atoms with Gasteiger partial charge in [-0.1, -0.05) is 0 Å². The third kappa shape index (κ3) is 3.39. The first-order valence-corrected chi connectivity index (χ1v) is 9.21. The number of nitrogens with zero attached hydrogens (tertiary/aromatic N) is 3. The summed E-state index contributed by atoms with van der Waals surface area (Å²) in [5, 5.41) is 9.83. The van der Waals surface area contributed by atoms with E-state index in [9.17, 15) is 4.79 Å². The van der Waals surface area contributed by atoms with Gasteiger partial charge in [-0.15, -0.1) is 0 Å². The van der Waals surface area contributed by atoms with E-state index in [1.165, 1.54) is 10.9 Å². The van der Waals surface area contributed by atoms with E-state index in [0.717, 1.165) is 49.7 Å². The Bertz CT molecular complexity index is 778. The zero-order valence-electron chi connectivity index (χ0n) is 12.4. The van der Waals surface area contributed by atoms with Crippen molar-refractivity contribution in [2.45, 2.75) is 45.1 Å². The average Bonchev–Trinajstić information content (AvgIpc) is 3.11. The first-order valence-electron chi connectivity index (χ1n) is 7.67. The average molecular weight is 364 g/mol. The molecular weight excluding hydrogens is 345 g/mol. The van der Waals surface area contributed by atoms with Gasteiger partial charge < -0.3 is 5.11 Å². The van der Waals surface area contributed by atoms with E-state index in [1.807, 2.05) is 0 Å². The summed E-state index contributed by atoms with van der Waals surface area (Å²) in [6, 6.07) is 6.32. The molecule has 0 saturated heterocycles. The standard InChI is InChI=1S/C16H19N3O2Se/c20-14(21)6-4-2-1-3-5-10-19-11-9-12-7-8-13-15(16(12)19)18-22-17-13/h7-9,11H,1-6,10H2,(H,20,21). The van der Waals surface area contributed by atoms with E-state index in [2.05, 4.69) is 36.9 Å². The number of rotatable bonds is 8. The van der Waals surface area contributed by atoms with Gasteiger partial charge in [-0.05, 0) is 0 Å². The summed E-state index contributed by atoms with van der Waals surface area (Å²) in [5.41, 5.74) is 3.30. The fourth-order valence-corrected chi connectivity index (χ4v) is 3.94. The van der Waals surface area contributed by atoms with Crippen LogP contribution in [-0.2, 0) is 11.3 Å². The molecule has 3 aromatic rings. The molecule has 0 saturated carbocycles. The Labute approximate surface area is 135 Å². The van der Waals surface area contributed by atoms with Gasteiger partial charge in [-0.3, -0.25) is 4.79 Å². The summed E-state index contributed by atoms with van der Waals surface area (Å²) in [5.74, 6) is -0.691. The molecular formula is C16H19N3O2Se. The van der Waals surface area contributed by atoms with Gasteiger partial charge >= 0.3 is 125 Å². The van der Waals surface area contributed by atoms with Crippen LogP contribution in [0, 0.1) is 0 Å². The second-order valence-corrected chi connectivity index (χ2v) is 6.66. The van der Waals surface area contributed by atoms with Crippen LogP contribution in [0.25, 0.3) is 21.9 Å². The number of carboxylic acids is 1. The Morgan fingerprint density at radius 2 is 1.91 bits per heavy atom. The molecule has 0 atom stereocenters. The van der Waals surface area contributed by atoms with E-state index >= 15 is 0 Å². The predicted molar refractivity (Wildman–Crippen MR) is 87.3 cm³/mol. The van der Waals surface area contributed by atoms with Crippen LogP contribution in [0.3, 0.4) is 0 Å². The normalized spacial score (nSPS) is 11.5. The number of carboxylic acid groups (broad SMARTS) is 1. The van der Waals surface area contributed by atoms with Crippen molar-refractivity contribution >= 4 is 42.9 Å². The molecule has 2 heterocycles. The third-order valence-corrected chi connectivity index (χ3v) is 5.08. The van der Waals surface area contributed by atoms with Gasteiger partial charge in [0.25, 0.3) is 0 Å². The van der Waals surface area contributed by atoms with Gasteiger partial charge in [0.1, 0.15) is 0 Å². The molecule has 22 heavy (non-hydrogen) atoms. The minimum absolute atomic E-state index is 0.00978. The first kappa shape index (κ1) is 15.3. The minimum atomic E-state index is -0.691. The fraction of sp³-hybridized carbons (Fsp3) is 0.438. The number of unbranched alkanes of at least 4 members (excludes halogenated alkanes) is 4. The van der Waals surface area contributed by atoms with E-state index in [-0.39, 0.29) is 15.0 Å². The van der Waals surface area contributed by atoms with Gasteiger partial charge in [-0.2, -0.15) is 0 Å². The molecule has 0 fully saturated rings. The van der Waals surface area contributed by atoms with Gasteiger partial charge in [0.2, 0.25) is 0 Å². The van der Waals surface area contributed by atoms with Crippen LogP contribution < -0.4 is 0 Å². The molecule has 6 heteroatoms. The van der Waals surface area contributed by atoms with Crippen LogP contribution in [0.2, 0.25) is 0 Å². The number of aromatic nitrogens is 3. The molecule has 1 aromatic carbocycles. The molecule has 3 rings (SSSR count). The van der Waals surface area contributed by atoms with E-state index in [0.29, 0.717) is 6.42 Å². The van der Waals surface area contributed by atoms with E-state index in [1.54, 1.807) is 0 Å². The SMILES string of the molecule is O=C(O)CCCCCCCn1ccc2ccc3n[se]nc3c21. The first-order chi connectivity index (χ1) is 10.8. The van der Waals surface area contributed by atoms with E-state index < -0.39 is 5.97 Å². The van der Waals surface area contributed by atoms with Crippen molar-refractivity contribution in [3.63, 3.8) is 0 Å². The van der Waals surface area contributed by atoms with Gasteiger partial charge in [0.15, 0.2) is 0 Å². The van der Waals surface area contributed by atoms with Crippen molar-refractivity contribution in [3.8, 4) is 0 Å². The van der Waals surface area contributed by atoms with Crippen molar-refractivity contribution in [3.05, 3.63) is 24.4 Å². The number of aryl methyl sites for hydroxylation is 1. The molecule has 0 amide bonds. The number of hydrogen-bond donors (Lipinski definition) is 1. The van der Waals surface area contributed by atoms with Crippen molar-refractivity contribution in [1.29, 1.82) is 0 Å². The molecule has 0 unspecified atom stereocenters. The van der Waals surface area contributed by atoms with Crippen LogP contribution in [0.15, 0.2) is 24.4 Å². The number of fused-ring (bicyclic) bond motifs is 3. The van der Waals surface area contributed by atoms with Crippen LogP contribution in [-0.4, -0.2) is 38.6 Å². The third-order valence-electron chi connectivity index (χ3n) is 3.94. The van der Waals surface area contributed by atoms with Crippen LogP contribution >= 0.6 is 0 Å². The summed E-state index contributed by atoms with van der Waals surface area (Å²) < 4.78 is 11.3. The maximum atomic E-state index is 10.4. The number of aliphatic carboxylic acids is 1. The molecule has 5 nitrogen and oxygen atoms in total. The summed E-state index contributed by atoms with van der Waals surface area (Å²) in [6.45, 7) is 0.988. The Balaban J connectivity index is 1.56. The number of hydrogen-bond acceptors (Lipinski definition) is 3. The number of carbonyl (C=O) groups is 1. The molecule has 0 aliphatic heterocycles. The quantitative estimate of drug-likeness (QED) is 0.493. The fourth-order valence-electron chi connectivity index (χ4n) is 2.81. The van der Waals surface area contributed by atoms with Gasteiger partial charge in [0, 0.05) is 0 Å². The second kappa shape index (κ2) is 7.07. The Kier molecular flexibility index (Phi) is 4.90. The zero-order chi connectivity index (χ0) is 15.4. The summed E-state index contributed by atoms with van der Waals surface area (Å²) >= 11 is 0.00978. The molecule has 0 bridgehead atoms. The summed E-state index contributed by atoms with van der Waals surface area (Å²) in [4.78, 5) is 10.4. The monoisotopic (exact) mass is 365 g/mol. The maximum absolute atomic E-state index is 10.4. The molecule has 0 spiro atoms. The van der Waals surface area contributed by atoms with Crippen LogP contribution in [0.1, 0.15) is 38.5 Å². The molecule has 0 aliphatic rings.